The van der Waals surface area contributed by atoms with Crippen LogP contribution >= 0.6 is 0 Å². The minimum atomic E-state index is -1.20. The van der Waals surface area contributed by atoms with Crippen LogP contribution in [0, 0.1) is 5.92 Å². The molecule has 2 heterocycles. The summed E-state index contributed by atoms with van der Waals surface area (Å²) < 4.78 is 5.45. The normalized spacial score (nSPS) is 18.9. The van der Waals surface area contributed by atoms with E-state index in [1.807, 2.05) is 6.07 Å². The van der Waals surface area contributed by atoms with Crippen LogP contribution in [0.1, 0.15) is 44.6 Å². The fourth-order valence-electron chi connectivity index (χ4n) is 6.50. The molecule has 2 aliphatic rings. The lowest BCUT2D eigenvalue weighted by molar-refractivity contribution is -0.140. The molecule has 1 fully saturated rings. The highest BCUT2D eigenvalue weighted by molar-refractivity contribution is 6.06. The lowest BCUT2D eigenvalue weighted by Gasteiger charge is -2.36. The Bertz CT molecular complexity index is 1660. The number of unbranched alkanes of at least 4 members (excludes halogenated alkanes) is 1. The second-order valence-electron chi connectivity index (χ2n) is 11.7. The second-order valence-corrected chi connectivity index (χ2v) is 11.7. The molecule has 0 aliphatic carbocycles. The zero-order valence-electron chi connectivity index (χ0n) is 26.0. The first-order valence-electron chi connectivity index (χ1n) is 15.3. The van der Waals surface area contributed by atoms with E-state index in [1.54, 1.807) is 45.2 Å². The van der Waals surface area contributed by atoms with Gasteiger partial charge in [0.05, 0.1) is 12.7 Å². The summed E-state index contributed by atoms with van der Waals surface area (Å²) in [6.45, 7) is 7.86. The van der Waals surface area contributed by atoms with Crippen LogP contribution in [0.15, 0.2) is 76.9 Å². The molecule has 2 aliphatic heterocycles. The summed E-state index contributed by atoms with van der Waals surface area (Å²) in [7, 11) is 1.69. The fraction of sp³-hybridized carbons (Fsp3) is 0.371. The summed E-state index contributed by atoms with van der Waals surface area (Å²) in [5.41, 5.74) is 2.82. The topological polar surface area (TPSA) is 132 Å². The third-order valence-electron chi connectivity index (χ3n) is 8.76. The van der Waals surface area contributed by atoms with Crippen molar-refractivity contribution in [1.82, 2.24) is 4.90 Å². The molecule has 236 valence electrons. The predicted octanol–water partition coefficient (Wildman–Crippen LogP) is 5.40. The summed E-state index contributed by atoms with van der Waals surface area (Å²) in [5, 5.41) is 25.1. The van der Waals surface area contributed by atoms with Gasteiger partial charge in [0.2, 0.25) is 5.91 Å². The van der Waals surface area contributed by atoms with Gasteiger partial charge in [-0.1, -0.05) is 30.3 Å². The van der Waals surface area contributed by atoms with Gasteiger partial charge >= 0.3 is 11.9 Å². The molecule has 5 rings (SSSR count). The predicted molar refractivity (Wildman–Crippen MR) is 175 cm³/mol. The number of allylic oxidation sites excluding steroid dienone is 1. The number of piperazine rings is 1. The summed E-state index contributed by atoms with van der Waals surface area (Å²) in [6, 6.07) is 19.4. The molecular weight excluding hydrogens is 572 g/mol. The maximum atomic E-state index is 12.8. The van der Waals surface area contributed by atoms with Gasteiger partial charge in [-0.05, 0) is 74.5 Å². The number of carboxylic acid groups (broad SMARTS) is 2. The van der Waals surface area contributed by atoms with Crippen LogP contribution in [-0.2, 0) is 14.4 Å². The number of fused-ring (bicyclic) bond motifs is 1. The highest BCUT2D eigenvalue weighted by Gasteiger charge is 2.41. The summed E-state index contributed by atoms with van der Waals surface area (Å²) in [5.74, 6) is -3.65. The number of hydrogen-bond donors (Lipinski definition) is 3. The summed E-state index contributed by atoms with van der Waals surface area (Å²) in [4.78, 5) is 46.1. The van der Waals surface area contributed by atoms with E-state index in [2.05, 4.69) is 50.4 Å². The van der Waals surface area contributed by atoms with Crippen LogP contribution in [0.3, 0.4) is 0 Å². The van der Waals surface area contributed by atoms with Gasteiger partial charge < -0.3 is 25.2 Å². The summed E-state index contributed by atoms with van der Waals surface area (Å²) >= 11 is 0. The number of rotatable bonds is 11. The SMILES string of the molecule is COc1ccc2cccc(N3CCN(CCCCC(=O)Nc4cccc(C5C(C(=O)O)=C(C)N=C(C)C5C(=O)O)c4)CC3)c2c1. The van der Waals surface area contributed by atoms with Gasteiger partial charge in [0, 0.05) is 66.7 Å². The largest absolute Gasteiger partial charge is 0.497 e. The molecule has 45 heavy (non-hydrogen) atoms. The van der Waals surface area contributed by atoms with E-state index in [4.69, 9.17) is 4.74 Å². The molecule has 3 N–H and O–H groups in total. The molecule has 1 saturated heterocycles. The number of benzene rings is 3. The highest BCUT2D eigenvalue weighted by atomic mass is 16.5. The molecule has 2 unspecified atom stereocenters. The Balaban J connectivity index is 1.12. The standard InChI is InChI=1S/C35H40N4O6/c1-22-31(34(41)42)33(32(35(43)44)23(2)36-22)25-9-6-10-26(20-25)37-30(40)12-4-5-15-38-16-18-39(19-17-38)29-11-7-8-24-13-14-27(45-3)21-28(24)29/h6-11,13-14,20-21,31,33H,4-5,12,15-19H2,1-3H3,(H,37,40)(H,41,42)(H,43,44). The monoisotopic (exact) mass is 612 g/mol. The number of carbonyl (C=O) groups is 3. The van der Waals surface area contributed by atoms with Crippen molar-refractivity contribution in [2.24, 2.45) is 10.9 Å². The zero-order valence-corrected chi connectivity index (χ0v) is 26.0. The molecule has 0 radical (unpaired) electrons. The average molecular weight is 613 g/mol. The van der Waals surface area contributed by atoms with Crippen LogP contribution in [0.4, 0.5) is 11.4 Å². The molecule has 3 aromatic carbocycles. The number of anilines is 2. The number of aliphatic imine (C=N–C) groups is 1. The van der Waals surface area contributed by atoms with E-state index in [1.165, 1.54) is 16.5 Å². The summed E-state index contributed by atoms with van der Waals surface area (Å²) in [6.07, 6.45) is 1.99. The third-order valence-corrected chi connectivity index (χ3v) is 8.76. The first kappa shape index (κ1) is 31.7. The minimum absolute atomic E-state index is 0.0466. The Labute approximate surface area is 263 Å². The molecule has 0 bridgehead atoms. The van der Waals surface area contributed by atoms with Crippen molar-refractivity contribution in [3.63, 3.8) is 0 Å². The third kappa shape index (κ3) is 7.17. The van der Waals surface area contributed by atoms with Gasteiger partial charge in [-0.15, -0.1) is 0 Å². The van der Waals surface area contributed by atoms with Crippen molar-refractivity contribution in [2.45, 2.75) is 39.0 Å². The van der Waals surface area contributed by atoms with Crippen LogP contribution in [-0.4, -0.2) is 78.5 Å². The molecule has 2 atom stereocenters. The fourth-order valence-corrected chi connectivity index (χ4v) is 6.50. The number of carbonyl (C=O) groups excluding carboxylic acids is 1. The van der Waals surface area contributed by atoms with E-state index in [9.17, 15) is 24.6 Å². The molecule has 3 aromatic rings. The van der Waals surface area contributed by atoms with Crippen LogP contribution in [0.25, 0.3) is 10.8 Å². The average Bonchev–Trinajstić information content (AvgIpc) is 3.02. The molecule has 0 aromatic heterocycles. The number of amides is 1. The number of aliphatic carboxylic acids is 2. The molecule has 0 saturated carbocycles. The lowest BCUT2D eigenvalue weighted by Crippen LogP contribution is -2.46. The number of carboxylic acids is 2. The Hall–Kier alpha value is -4.70. The van der Waals surface area contributed by atoms with Crippen molar-refractivity contribution in [2.75, 3.05) is 50.1 Å². The van der Waals surface area contributed by atoms with Gasteiger partial charge in [-0.3, -0.25) is 19.5 Å². The van der Waals surface area contributed by atoms with E-state index >= 15 is 0 Å². The maximum Gasteiger partial charge on any atom is 0.334 e. The second kappa shape index (κ2) is 13.9. The van der Waals surface area contributed by atoms with Gasteiger partial charge in [-0.2, -0.15) is 0 Å². The van der Waals surface area contributed by atoms with E-state index in [0.717, 1.165) is 51.3 Å². The molecular formula is C35H40N4O6. The van der Waals surface area contributed by atoms with Crippen molar-refractivity contribution >= 4 is 45.7 Å². The number of ether oxygens (including phenoxy) is 1. The zero-order chi connectivity index (χ0) is 32.1. The van der Waals surface area contributed by atoms with Crippen LogP contribution in [0.2, 0.25) is 0 Å². The number of methoxy groups -OCH3 is 1. The quantitative estimate of drug-likeness (QED) is 0.246. The molecule has 0 spiro atoms. The van der Waals surface area contributed by atoms with Gasteiger partial charge in [0.25, 0.3) is 0 Å². The van der Waals surface area contributed by atoms with Crippen molar-refractivity contribution in [3.05, 3.63) is 77.5 Å². The van der Waals surface area contributed by atoms with Crippen LogP contribution < -0.4 is 15.0 Å². The van der Waals surface area contributed by atoms with Gasteiger partial charge in [-0.25, -0.2) is 4.79 Å². The van der Waals surface area contributed by atoms with Crippen molar-refractivity contribution in [1.29, 1.82) is 0 Å². The van der Waals surface area contributed by atoms with E-state index in [0.29, 0.717) is 23.4 Å². The van der Waals surface area contributed by atoms with Crippen molar-refractivity contribution in [3.8, 4) is 5.75 Å². The van der Waals surface area contributed by atoms with Gasteiger partial charge in [0.1, 0.15) is 11.7 Å². The Morgan fingerprint density at radius 3 is 2.42 bits per heavy atom. The minimum Gasteiger partial charge on any atom is -0.497 e. The smallest absolute Gasteiger partial charge is 0.334 e. The number of nitrogens with zero attached hydrogens (tertiary/aromatic N) is 3. The molecule has 10 nitrogen and oxygen atoms in total. The van der Waals surface area contributed by atoms with E-state index < -0.39 is 23.8 Å². The lowest BCUT2D eigenvalue weighted by atomic mass is 9.75. The Kier molecular flexibility index (Phi) is 9.83. The number of hydrogen-bond acceptors (Lipinski definition) is 7. The maximum absolute atomic E-state index is 12.8. The highest BCUT2D eigenvalue weighted by Crippen LogP contribution is 2.40. The Morgan fingerprint density at radius 1 is 0.956 bits per heavy atom. The molecule has 1 amide bonds. The van der Waals surface area contributed by atoms with Crippen molar-refractivity contribution < 1.29 is 29.3 Å². The van der Waals surface area contributed by atoms with Crippen LogP contribution in [0.5, 0.6) is 5.75 Å². The van der Waals surface area contributed by atoms with Gasteiger partial charge in [0.15, 0.2) is 0 Å². The number of nitrogens with one attached hydrogen (secondary N) is 1. The Morgan fingerprint density at radius 2 is 1.71 bits per heavy atom. The molecule has 10 heteroatoms. The first-order chi connectivity index (χ1) is 21.7. The first-order valence-corrected chi connectivity index (χ1v) is 15.3. The van der Waals surface area contributed by atoms with E-state index in [-0.39, 0.29) is 17.2 Å².